The van der Waals surface area contributed by atoms with Crippen LogP contribution in [0.5, 0.6) is 5.75 Å². The first-order chi connectivity index (χ1) is 9.43. The summed E-state index contributed by atoms with van der Waals surface area (Å²) in [7, 11) is 1.59. The second-order valence-corrected chi connectivity index (χ2v) is 7.41. The molecule has 1 aromatic carbocycles. The van der Waals surface area contributed by atoms with Crippen molar-refractivity contribution in [3.05, 3.63) is 23.8 Å². The number of benzene rings is 1. The first kappa shape index (κ1) is 15.0. The third-order valence-electron chi connectivity index (χ3n) is 3.62. The predicted molar refractivity (Wildman–Crippen MR) is 84.5 cm³/mol. The number of hydrogen-bond donors (Lipinski definition) is 1. The van der Waals surface area contributed by atoms with Gasteiger partial charge >= 0.3 is 0 Å². The van der Waals surface area contributed by atoms with Crippen LogP contribution in [0.25, 0.3) is 0 Å². The molecule has 1 aliphatic heterocycles. The fourth-order valence-electron chi connectivity index (χ4n) is 2.24. The Morgan fingerprint density at radius 3 is 2.85 bits per heavy atom. The summed E-state index contributed by atoms with van der Waals surface area (Å²) in [5, 5.41) is 0. The Morgan fingerprint density at radius 2 is 2.15 bits per heavy atom. The molecule has 0 spiro atoms. The summed E-state index contributed by atoms with van der Waals surface area (Å²) in [6.45, 7) is 6.00. The molecule has 110 valence electrons. The van der Waals surface area contributed by atoms with Crippen molar-refractivity contribution >= 4 is 23.4 Å². The third kappa shape index (κ3) is 3.39. The molecule has 1 amide bonds. The summed E-state index contributed by atoms with van der Waals surface area (Å²) in [5.74, 6) is 1.62. The van der Waals surface area contributed by atoms with Gasteiger partial charge in [0.15, 0.2) is 0 Å². The van der Waals surface area contributed by atoms with E-state index in [0.29, 0.717) is 17.0 Å². The maximum absolute atomic E-state index is 12.6. The molecular weight excluding hydrogens is 272 g/mol. The van der Waals surface area contributed by atoms with Gasteiger partial charge in [0.1, 0.15) is 5.75 Å². The van der Waals surface area contributed by atoms with E-state index in [2.05, 4.69) is 13.8 Å². The molecule has 5 heteroatoms. The van der Waals surface area contributed by atoms with Gasteiger partial charge in [-0.2, -0.15) is 11.8 Å². The van der Waals surface area contributed by atoms with Gasteiger partial charge in [-0.1, -0.05) is 13.8 Å². The lowest BCUT2D eigenvalue weighted by atomic mass is 10.1. The van der Waals surface area contributed by atoms with Crippen molar-refractivity contribution in [1.29, 1.82) is 0 Å². The fraction of sp³-hybridized carbons (Fsp3) is 0.533. The minimum atomic E-state index is -0.000278. The zero-order valence-corrected chi connectivity index (χ0v) is 13.1. The lowest BCUT2D eigenvalue weighted by Crippen LogP contribution is -2.34. The Morgan fingerprint density at radius 1 is 1.40 bits per heavy atom. The number of hydrogen-bond acceptors (Lipinski definition) is 4. The number of rotatable bonds is 2. The lowest BCUT2D eigenvalue weighted by molar-refractivity contribution is 0.0765. The number of carbonyl (C=O) groups excluding carboxylic acids is 1. The average Bonchev–Trinajstić information content (AvgIpc) is 2.59. The highest BCUT2D eigenvalue weighted by atomic mass is 32.2. The molecule has 1 aliphatic rings. The van der Waals surface area contributed by atoms with Crippen molar-refractivity contribution in [2.24, 2.45) is 0 Å². The molecule has 0 atom stereocenters. The van der Waals surface area contributed by atoms with E-state index in [0.717, 1.165) is 25.3 Å². The third-order valence-corrected chi connectivity index (χ3v) is 4.99. The molecule has 1 fully saturated rings. The first-order valence-corrected chi connectivity index (χ1v) is 7.78. The van der Waals surface area contributed by atoms with E-state index >= 15 is 0 Å². The van der Waals surface area contributed by atoms with Crippen molar-refractivity contribution in [3.8, 4) is 5.75 Å². The van der Waals surface area contributed by atoms with Crippen LogP contribution in [0.4, 0.5) is 5.69 Å². The zero-order valence-electron chi connectivity index (χ0n) is 12.3. The summed E-state index contributed by atoms with van der Waals surface area (Å²) in [4.78, 5) is 14.5. The number of thioether (sulfide) groups is 1. The number of anilines is 1. The molecule has 1 aromatic rings. The monoisotopic (exact) mass is 294 g/mol. The van der Waals surface area contributed by atoms with Crippen molar-refractivity contribution < 1.29 is 9.53 Å². The van der Waals surface area contributed by atoms with Gasteiger partial charge in [-0.05, 0) is 24.6 Å². The van der Waals surface area contributed by atoms with Gasteiger partial charge in [-0.3, -0.25) is 4.79 Å². The lowest BCUT2D eigenvalue weighted by Gasteiger charge is -2.23. The largest absolute Gasteiger partial charge is 0.497 e. The van der Waals surface area contributed by atoms with Gasteiger partial charge in [0.05, 0.1) is 12.7 Å². The molecule has 0 bridgehead atoms. The molecule has 4 nitrogen and oxygen atoms in total. The standard InChI is InChI=1S/C15H22N2O2S/c1-15(2)6-7-17(8-9-20-15)14(18)12-10-11(19-3)4-5-13(12)16/h4-5,10H,6-9,16H2,1-3H3. The molecule has 0 radical (unpaired) electrons. The van der Waals surface area contributed by atoms with Crippen LogP contribution in [-0.2, 0) is 0 Å². The highest BCUT2D eigenvalue weighted by molar-refractivity contribution is 8.00. The molecule has 0 unspecified atom stereocenters. The van der Waals surface area contributed by atoms with Crippen molar-refractivity contribution in [2.75, 3.05) is 31.7 Å². The van der Waals surface area contributed by atoms with E-state index in [-0.39, 0.29) is 10.7 Å². The molecule has 2 N–H and O–H groups in total. The first-order valence-electron chi connectivity index (χ1n) is 6.80. The Kier molecular flexibility index (Phi) is 4.48. The van der Waals surface area contributed by atoms with Crippen LogP contribution >= 0.6 is 11.8 Å². The van der Waals surface area contributed by atoms with Crippen molar-refractivity contribution in [3.63, 3.8) is 0 Å². The number of ether oxygens (including phenoxy) is 1. The van der Waals surface area contributed by atoms with Crippen LogP contribution < -0.4 is 10.5 Å². The summed E-state index contributed by atoms with van der Waals surface area (Å²) in [6, 6.07) is 5.22. The minimum Gasteiger partial charge on any atom is -0.497 e. The molecule has 1 saturated heterocycles. The second kappa shape index (κ2) is 5.95. The van der Waals surface area contributed by atoms with Gasteiger partial charge in [-0.25, -0.2) is 0 Å². The van der Waals surface area contributed by atoms with Crippen LogP contribution in [0.1, 0.15) is 30.6 Å². The smallest absolute Gasteiger partial charge is 0.256 e. The van der Waals surface area contributed by atoms with Gasteiger partial charge in [0.2, 0.25) is 0 Å². The van der Waals surface area contributed by atoms with E-state index in [4.69, 9.17) is 10.5 Å². The van der Waals surface area contributed by atoms with Crippen molar-refractivity contribution in [2.45, 2.75) is 25.0 Å². The van der Waals surface area contributed by atoms with E-state index < -0.39 is 0 Å². The average molecular weight is 294 g/mol. The topological polar surface area (TPSA) is 55.6 Å². The second-order valence-electron chi connectivity index (χ2n) is 5.60. The van der Waals surface area contributed by atoms with E-state index in [1.165, 1.54) is 0 Å². The number of methoxy groups -OCH3 is 1. The molecular formula is C15H22N2O2S. The molecule has 0 aromatic heterocycles. The maximum Gasteiger partial charge on any atom is 0.256 e. The van der Waals surface area contributed by atoms with Gasteiger partial charge in [-0.15, -0.1) is 0 Å². The molecule has 20 heavy (non-hydrogen) atoms. The predicted octanol–water partition coefficient (Wildman–Crippen LogP) is 2.64. The number of nitrogens with zero attached hydrogens (tertiary/aromatic N) is 1. The van der Waals surface area contributed by atoms with E-state index in [1.807, 2.05) is 16.7 Å². The van der Waals surface area contributed by atoms with Crippen LogP contribution in [0.2, 0.25) is 0 Å². The van der Waals surface area contributed by atoms with E-state index in [1.54, 1.807) is 25.3 Å². The molecule has 0 aliphatic carbocycles. The minimum absolute atomic E-state index is 0.000278. The zero-order chi connectivity index (χ0) is 14.8. The van der Waals surface area contributed by atoms with E-state index in [9.17, 15) is 4.79 Å². The normalized spacial score (nSPS) is 18.4. The molecule has 2 rings (SSSR count). The van der Waals surface area contributed by atoms with Crippen molar-refractivity contribution in [1.82, 2.24) is 4.90 Å². The Labute approximate surface area is 124 Å². The summed E-state index contributed by atoms with van der Waals surface area (Å²) >= 11 is 1.92. The van der Waals surface area contributed by atoms with Crippen LogP contribution in [0, 0.1) is 0 Å². The Balaban J connectivity index is 2.18. The summed E-state index contributed by atoms with van der Waals surface area (Å²) in [5.41, 5.74) is 6.98. The summed E-state index contributed by atoms with van der Waals surface area (Å²) in [6.07, 6.45) is 0.993. The van der Waals surface area contributed by atoms with Crippen LogP contribution in [0.15, 0.2) is 18.2 Å². The Bertz CT molecular complexity index is 503. The number of nitrogens with two attached hydrogens (primary N) is 1. The van der Waals surface area contributed by atoms with Gasteiger partial charge in [0, 0.05) is 29.3 Å². The van der Waals surface area contributed by atoms with Crippen LogP contribution in [-0.4, -0.2) is 41.5 Å². The molecule has 0 saturated carbocycles. The maximum atomic E-state index is 12.6. The fourth-order valence-corrected chi connectivity index (χ4v) is 3.34. The van der Waals surface area contributed by atoms with Gasteiger partial charge in [0.25, 0.3) is 5.91 Å². The summed E-state index contributed by atoms with van der Waals surface area (Å²) < 4.78 is 5.41. The quantitative estimate of drug-likeness (QED) is 0.852. The molecule has 1 heterocycles. The Hall–Kier alpha value is -1.36. The number of amides is 1. The number of nitrogen functional groups attached to an aromatic ring is 1. The highest BCUT2D eigenvalue weighted by Crippen LogP contribution is 2.31. The highest BCUT2D eigenvalue weighted by Gasteiger charge is 2.27. The SMILES string of the molecule is COc1ccc(N)c(C(=O)N2CCSC(C)(C)CC2)c1. The van der Waals surface area contributed by atoms with Crippen LogP contribution in [0.3, 0.4) is 0 Å². The van der Waals surface area contributed by atoms with Gasteiger partial charge < -0.3 is 15.4 Å². The number of carbonyl (C=O) groups is 1.